The van der Waals surface area contributed by atoms with Crippen molar-refractivity contribution in [3.05, 3.63) is 59.7 Å². The summed E-state index contributed by atoms with van der Waals surface area (Å²) in [7, 11) is 1.58. The van der Waals surface area contributed by atoms with Gasteiger partial charge in [-0.05, 0) is 61.7 Å². The average Bonchev–Trinajstić information content (AvgIpc) is 2.84. The Hall–Kier alpha value is -3.16. The lowest BCUT2D eigenvalue weighted by Gasteiger charge is -2.31. The van der Waals surface area contributed by atoms with E-state index in [1.54, 1.807) is 31.4 Å². The zero-order chi connectivity index (χ0) is 23.8. The van der Waals surface area contributed by atoms with E-state index >= 15 is 0 Å². The molecule has 1 atom stereocenters. The van der Waals surface area contributed by atoms with Gasteiger partial charge in [0.05, 0.1) is 12.8 Å². The van der Waals surface area contributed by atoms with Gasteiger partial charge < -0.3 is 10.1 Å². The highest BCUT2D eigenvalue weighted by atomic mass is 19.2. The van der Waals surface area contributed by atoms with Gasteiger partial charge in [0.25, 0.3) is 11.8 Å². The molecule has 33 heavy (non-hydrogen) atoms. The van der Waals surface area contributed by atoms with Crippen molar-refractivity contribution >= 4 is 17.5 Å². The summed E-state index contributed by atoms with van der Waals surface area (Å²) in [5, 5.41) is 4.23. The topological polar surface area (TPSA) is 70.7 Å². The third-order valence-corrected chi connectivity index (χ3v) is 6.02. The molecule has 1 fully saturated rings. The first kappa shape index (κ1) is 24.5. The Morgan fingerprint density at radius 3 is 2.36 bits per heavy atom. The van der Waals surface area contributed by atoms with Gasteiger partial charge in [-0.1, -0.05) is 32.1 Å². The number of rotatable bonds is 9. The third-order valence-electron chi connectivity index (χ3n) is 6.02. The van der Waals surface area contributed by atoms with E-state index in [2.05, 4.69) is 10.7 Å². The number of halogens is 2. The maximum Gasteiger partial charge on any atom is 0.263 e. The van der Waals surface area contributed by atoms with Crippen LogP contribution in [0.25, 0.3) is 0 Å². The molecule has 2 aromatic carbocycles. The SMILES string of the molecule is CCN(Nc1ccc(OC)cc1)C(=O)C(CC1CCCCC1)NC(=O)c1ccc(F)c(F)c1. The Bertz CT molecular complexity index is 946. The molecular weight excluding hydrogens is 428 g/mol. The predicted molar refractivity (Wildman–Crippen MR) is 123 cm³/mol. The number of methoxy groups -OCH3 is 1. The second-order valence-corrected chi connectivity index (χ2v) is 8.32. The molecule has 2 amide bonds. The van der Waals surface area contributed by atoms with E-state index in [1.807, 2.05) is 6.92 Å². The number of hydrogen-bond donors (Lipinski definition) is 2. The van der Waals surface area contributed by atoms with Crippen LogP contribution in [0.2, 0.25) is 0 Å². The Labute approximate surface area is 193 Å². The highest BCUT2D eigenvalue weighted by Crippen LogP contribution is 2.28. The second kappa shape index (κ2) is 11.6. The van der Waals surface area contributed by atoms with E-state index in [4.69, 9.17) is 4.74 Å². The van der Waals surface area contributed by atoms with Crippen molar-refractivity contribution in [2.45, 2.75) is 51.5 Å². The molecule has 178 valence electrons. The zero-order valence-electron chi connectivity index (χ0n) is 19.1. The summed E-state index contributed by atoms with van der Waals surface area (Å²) < 4.78 is 32.1. The number of hydrazine groups is 1. The van der Waals surface area contributed by atoms with Crippen LogP contribution in [0, 0.1) is 17.6 Å². The summed E-state index contributed by atoms with van der Waals surface area (Å²) in [6, 6.07) is 9.33. The number of anilines is 1. The first-order chi connectivity index (χ1) is 15.9. The van der Waals surface area contributed by atoms with Crippen LogP contribution in [-0.4, -0.2) is 36.5 Å². The van der Waals surface area contributed by atoms with Gasteiger partial charge in [-0.15, -0.1) is 0 Å². The number of carbonyl (C=O) groups excluding carboxylic acids is 2. The third kappa shape index (κ3) is 6.66. The van der Waals surface area contributed by atoms with E-state index < -0.39 is 23.6 Å². The summed E-state index contributed by atoms with van der Waals surface area (Å²) in [6.45, 7) is 2.20. The smallest absolute Gasteiger partial charge is 0.263 e. The van der Waals surface area contributed by atoms with Gasteiger partial charge in [0.2, 0.25) is 0 Å². The molecule has 8 heteroatoms. The minimum atomic E-state index is -1.10. The van der Waals surface area contributed by atoms with Crippen molar-refractivity contribution in [2.24, 2.45) is 5.92 Å². The summed E-state index contributed by atoms with van der Waals surface area (Å²) in [5.74, 6) is -2.00. The largest absolute Gasteiger partial charge is 0.497 e. The number of ether oxygens (including phenoxy) is 1. The quantitative estimate of drug-likeness (QED) is 0.523. The minimum absolute atomic E-state index is 0.0264. The monoisotopic (exact) mass is 459 g/mol. The molecule has 6 nitrogen and oxygen atoms in total. The molecule has 3 rings (SSSR count). The van der Waals surface area contributed by atoms with Gasteiger partial charge >= 0.3 is 0 Å². The number of benzene rings is 2. The summed E-state index contributed by atoms with van der Waals surface area (Å²) in [4.78, 5) is 26.3. The van der Waals surface area contributed by atoms with Crippen LogP contribution < -0.4 is 15.5 Å². The Morgan fingerprint density at radius 2 is 1.76 bits per heavy atom. The molecule has 1 saturated carbocycles. The Balaban J connectivity index is 1.77. The standard InChI is InChI=1S/C25H31F2N3O3/c1-3-30(29-19-10-12-20(33-2)13-11-19)25(32)23(15-17-7-5-4-6-8-17)28-24(31)18-9-14-21(26)22(27)16-18/h9-14,16-17,23,29H,3-8,15H2,1-2H3,(H,28,31). The van der Waals surface area contributed by atoms with E-state index in [-0.39, 0.29) is 11.5 Å². The molecule has 0 aliphatic heterocycles. The predicted octanol–water partition coefficient (Wildman–Crippen LogP) is 4.92. The van der Waals surface area contributed by atoms with Crippen LogP contribution in [0.4, 0.5) is 14.5 Å². The molecule has 0 spiro atoms. The molecule has 1 aliphatic carbocycles. The van der Waals surface area contributed by atoms with Crippen molar-refractivity contribution in [1.29, 1.82) is 0 Å². The Morgan fingerprint density at radius 1 is 1.06 bits per heavy atom. The van der Waals surface area contributed by atoms with Gasteiger partial charge in [0.15, 0.2) is 11.6 Å². The van der Waals surface area contributed by atoms with Gasteiger partial charge in [-0.3, -0.25) is 20.0 Å². The number of nitrogens with one attached hydrogen (secondary N) is 2. The maximum atomic E-state index is 13.6. The van der Waals surface area contributed by atoms with Crippen molar-refractivity contribution in [2.75, 3.05) is 19.1 Å². The van der Waals surface area contributed by atoms with Crippen LogP contribution in [0.3, 0.4) is 0 Å². The second-order valence-electron chi connectivity index (χ2n) is 8.32. The van der Waals surface area contributed by atoms with Gasteiger partial charge in [0.1, 0.15) is 11.8 Å². The normalized spacial score (nSPS) is 14.9. The average molecular weight is 460 g/mol. The number of amides is 2. The molecule has 1 aliphatic rings. The summed E-state index contributed by atoms with van der Waals surface area (Å²) >= 11 is 0. The highest BCUT2D eigenvalue weighted by molar-refractivity contribution is 5.97. The van der Waals surface area contributed by atoms with Crippen molar-refractivity contribution in [3.8, 4) is 5.75 Å². The van der Waals surface area contributed by atoms with Gasteiger partial charge in [0, 0.05) is 12.1 Å². The molecule has 1 unspecified atom stereocenters. The lowest BCUT2D eigenvalue weighted by Crippen LogP contribution is -2.51. The van der Waals surface area contributed by atoms with Crippen LogP contribution in [-0.2, 0) is 4.79 Å². The summed E-state index contributed by atoms with van der Waals surface area (Å²) in [6.07, 6.45) is 5.88. The van der Waals surface area contributed by atoms with E-state index in [0.29, 0.717) is 30.3 Å². The first-order valence-electron chi connectivity index (χ1n) is 11.4. The zero-order valence-corrected chi connectivity index (χ0v) is 19.1. The molecular formula is C25H31F2N3O3. The van der Waals surface area contributed by atoms with Crippen LogP contribution in [0.5, 0.6) is 5.75 Å². The number of likely N-dealkylation sites (N-methyl/N-ethyl adjacent to an activating group) is 1. The van der Waals surface area contributed by atoms with Crippen LogP contribution in [0.1, 0.15) is 55.8 Å². The van der Waals surface area contributed by atoms with Gasteiger partial charge in [-0.25, -0.2) is 8.78 Å². The molecule has 0 aromatic heterocycles. The fourth-order valence-electron chi connectivity index (χ4n) is 4.16. The van der Waals surface area contributed by atoms with Crippen molar-refractivity contribution < 1.29 is 23.1 Å². The molecule has 0 heterocycles. The molecule has 2 N–H and O–H groups in total. The number of carbonyl (C=O) groups is 2. The number of hydrogen-bond acceptors (Lipinski definition) is 4. The summed E-state index contributed by atoms with van der Waals surface area (Å²) in [5.41, 5.74) is 3.77. The van der Waals surface area contributed by atoms with Crippen molar-refractivity contribution in [3.63, 3.8) is 0 Å². The molecule has 2 aromatic rings. The fraction of sp³-hybridized carbons (Fsp3) is 0.440. The molecule has 0 bridgehead atoms. The van der Waals surface area contributed by atoms with Crippen LogP contribution in [0.15, 0.2) is 42.5 Å². The van der Waals surface area contributed by atoms with Crippen molar-refractivity contribution in [1.82, 2.24) is 10.3 Å². The lowest BCUT2D eigenvalue weighted by atomic mass is 9.84. The molecule has 0 saturated heterocycles. The Kier molecular flexibility index (Phi) is 8.63. The van der Waals surface area contributed by atoms with Crippen LogP contribution >= 0.6 is 0 Å². The number of nitrogens with zero attached hydrogens (tertiary/aromatic N) is 1. The van der Waals surface area contributed by atoms with Gasteiger partial charge in [-0.2, -0.15) is 0 Å². The van der Waals surface area contributed by atoms with E-state index in [0.717, 1.165) is 37.8 Å². The highest BCUT2D eigenvalue weighted by Gasteiger charge is 2.29. The maximum absolute atomic E-state index is 13.6. The van der Waals surface area contributed by atoms with E-state index in [1.165, 1.54) is 17.5 Å². The van der Waals surface area contributed by atoms with E-state index in [9.17, 15) is 18.4 Å². The first-order valence-corrected chi connectivity index (χ1v) is 11.4. The lowest BCUT2D eigenvalue weighted by molar-refractivity contribution is -0.132. The fourth-order valence-corrected chi connectivity index (χ4v) is 4.16. The molecule has 0 radical (unpaired) electrons. The minimum Gasteiger partial charge on any atom is -0.497 e.